The van der Waals surface area contributed by atoms with E-state index < -0.39 is 24.5 Å². The molecule has 0 aliphatic heterocycles. The number of nitrogens with one attached hydrogen (secondary N) is 2. The Balaban J connectivity index is 4.26. The molecule has 0 aromatic rings. The molecule has 0 radical (unpaired) electrons. The standard InChI is InChI=1S/C57H102N2O7/c1-3-5-7-9-11-13-15-17-19-20-21-22-23-24-25-26-28-30-32-34-36-41-45-49-56(63)66-52(46-42-38-35-33-31-29-27-18-16-14-12-10-8-6-4-2)47-43-39-37-40-44-48-54(61)58-50-55(62)59-53(51-60)57(64)65/h6,8,12,14,18,27,31,33,52-53,60H,3-5,7,9-11,13,15-17,19-26,28-30,32,34-51H2,1-2H3,(H,58,61)(H,59,62)(H,64,65)/b8-6-,14-12-,27-18-,33-31-. The number of ether oxygens (including phenoxy) is 1. The van der Waals surface area contributed by atoms with Crippen LogP contribution >= 0.6 is 0 Å². The summed E-state index contributed by atoms with van der Waals surface area (Å²) in [6, 6.07) is -1.39. The molecule has 382 valence electrons. The second-order valence-corrected chi connectivity index (χ2v) is 18.6. The monoisotopic (exact) mass is 927 g/mol. The SMILES string of the molecule is CC/C=C\C/C=C\C/C=C\C/C=C\CCCCC(CCCCCCCC(=O)NCC(=O)NC(CO)C(=O)O)OC(=O)CCCCCCCCCCCCCCCCCCCCCCCCC. The van der Waals surface area contributed by atoms with E-state index in [1.165, 1.54) is 135 Å². The van der Waals surface area contributed by atoms with E-state index in [2.05, 4.69) is 73.1 Å². The van der Waals surface area contributed by atoms with Gasteiger partial charge in [0, 0.05) is 12.8 Å². The van der Waals surface area contributed by atoms with Crippen molar-refractivity contribution in [2.75, 3.05) is 13.2 Å². The number of hydrogen-bond donors (Lipinski definition) is 4. The van der Waals surface area contributed by atoms with Gasteiger partial charge >= 0.3 is 11.9 Å². The summed E-state index contributed by atoms with van der Waals surface area (Å²) >= 11 is 0. The van der Waals surface area contributed by atoms with Crippen LogP contribution in [0, 0.1) is 0 Å². The van der Waals surface area contributed by atoms with Crippen LogP contribution in [0.4, 0.5) is 0 Å². The third-order valence-electron chi connectivity index (χ3n) is 12.3. The van der Waals surface area contributed by atoms with Gasteiger partial charge in [-0.3, -0.25) is 14.4 Å². The molecule has 2 atom stereocenters. The number of carbonyl (C=O) groups is 4. The van der Waals surface area contributed by atoms with Gasteiger partial charge in [-0.2, -0.15) is 0 Å². The number of rotatable bonds is 50. The highest BCUT2D eigenvalue weighted by Gasteiger charge is 2.19. The molecule has 2 unspecified atom stereocenters. The Bertz CT molecular complexity index is 1250. The normalized spacial score (nSPS) is 12.8. The van der Waals surface area contributed by atoms with Crippen LogP contribution < -0.4 is 10.6 Å². The molecule has 2 amide bonds. The van der Waals surface area contributed by atoms with Gasteiger partial charge in [-0.05, 0) is 77.0 Å². The topological polar surface area (TPSA) is 142 Å². The first kappa shape index (κ1) is 62.8. The number of allylic oxidation sites excluding steroid dienone is 8. The Hall–Kier alpha value is -3.20. The van der Waals surface area contributed by atoms with E-state index in [9.17, 15) is 19.2 Å². The Labute approximate surface area is 405 Å². The van der Waals surface area contributed by atoms with Gasteiger partial charge in [0.2, 0.25) is 11.8 Å². The lowest BCUT2D eigenvalue weighted by atomic mass is 10.0. The fraction of sp³-hybridized carbons (Fsp3) is 0.789. The van der Waals surface area contributed by atoms with E-state index in [1.54, 1.807) is 0 Å². The molecule has 66 heavy (non-hydrogen) atoms. The summed E-state index contributed by atoms with van der Waals surface area (Å²) in [5.74, 6) is -2.31. The lowest BCUT2D eigenvalue weighted by Crippen LogP contribution is -2.47. The lowest BCUT2D eigenvalue weighted by Gasteiger charge is -2.18. The molecule has 0 saturated heterocycles. The predicted molar refractivity (Wildman–Crippen MR) is 278 cm³/mol. The molecular weight excluding hydrogens is 825 g/mol. The third kappa shape index (κ3) is 47.3. The van der Waals surface area contributed by atoms with Crippen molar-refractivity contribution in [1.29, 1.82) is 0 Å². The summed E-state index contributed by atoms with van der Waals surface area (Å²) in [5, 5.41) is 22.6. The Morgan fingerprint density at radius 3 is 1.30 bits per heavy atom. The van der Waals surface area contributed by atoms with Gasteiger partial charge in [0.05, 0.1) is 13.2 Å². The zero-order valence-electron chi connectivity index (χ0n) is 42.7. The van der Waals surface area contributed by atoms with E-state index >= 15 is 0 Å². The molecule has 0 spiro atoms. The molecule has 0 fully saturated rings. The van der Waals surface area contributed by atoms with Gasteiger partial charge in [-0.25, -0.2) is 4.79 Å². The minimum Gasteiger partial charge on any atom is -0.480 e. The number of aliphatic carboxylic acids is 1. The largest absolute Gasteiger partial charge is 0.480 e. The summed E-state index contributed by atoms with van der Waals surface area (Å²) in [6.45, 7) is 3.39. The van der Waals surface area contributed by atoms with Crippen molar-refractivity contribution in [3.63, 3.8) is 0 Å². The van der Waals surface area contributed by atoms with Gasteiger partial charge in [-0.1, -0.05) is 223 Å². The number of amides is 2. The second kappa shape index (κ2) is 51.2. The number of aliphatic hydroxyl groups excluding tert-OH is 1. The zero-order valence-corrected chi connectivity index (χ0v) is 42.7. The smallest absolute Gasteiger partial charge is 0.328 e. The first-order valence-electron chi connectivity index (χ1n) is 27.5. The molecule has 0 aliphatic carbocycles. The van der Waals surface area contributed by atoms with Crippen molar-refractivity contribution in [2.45, 2.75) is 276 Å². The van der Waals surface area contributed by atoms with Gasteiger partial charge in [0.1, 0.15) is 12.1 Å². The first-order chi connectivity index (χ1) is 32.3. The van der Waals surface area contributed by atoms with Gasteiger partial charge in [0.25, 0.3) is 0 Å². The van der Waals surface area contributed by atoms with Crippen LogP contribution in [0.25, 0.3) is 0 Å². The maximum atomic E-state index is 12.9. The van der Waals surface area contributed by atoms with Crippen LogP contribution in [-0.4, -0.2) is 59.3 Å². The number of carbonyl (C=O) groups excluding carboxylic acids is 3. The number of hydrogen-bond acceptors (Lipinski definition) is 6. The van der Waals surface area contributed by atoms with Crippen LogP contribution in [0.2, 0.25) is 0 Å². The van der Waals surface area contributed by atoms with E-state index in [0.29, 0.717) is 12.8 Å². The molecule has 0 aliphatic rings. The van der Waals surface area contributed by atoms with Crippen molar-refractivity contribution in [3.8, 4) is 0 Å². The third-order valence-corrected chi connectivity index (χ3v) is 12.3. The quantitative estimate of drug-likeness (QED) is 0.0270. The molecule has 0 saturated carbocycles. The molecule has 0 aromatic heterocycles. The fourth-order valence-corrected chi connectivity index (χ4v) is 8.18. The predicted octanol–water partition coefficient (Wildman–Crippen LogP) is 15.1. The molecule has 0 aromatic carbocycles. The minimum absolute atomic E-state index is 0.0528. The molecule has 9 heteroatoms. The molecular formula is C57H102N2O7. The molecule has 9 nitrogen and oxygen atoms in total. The van der Waals surface area contributed by atoms with Crippen LogP contribution in [0.5, 0.6) is 0 Å². The highest BCUT2D eigenvalue weighted by atomic mass is 16.5. The fourth-order valence-electron chi connectivity index (χ4n) is 8.18. The van der Waals surface area contributed by atoms with Crippen LogP contribution in [0.15, 0.2) is 48.6 Å². The van der Waals surface area contributed by atoms with Gasteiger partial charge in [0.15, 0.2) is 0 Å². The summed E-state index contributed by atoms with van der Waals surface area (Å²) in [5.41, 5.74) is 0. The molecule has 0 heterocycles. The van der Waals surface area contributed by atoms with Crippen molar-refractivity contribution < 1.29 is 34.1 Å². The minimum atomic E-state index is -1.39. The van der Waals surface area contributed by atoms with Gasteiger partial charge < -0.3 is 25.6 Å². The zero-order chi connectivity index (χ0) is 48.2. The first-order valence-corrected chi connectivity index (χ1v) is 27.5. The maximum Gasteiger partial charge on any atom is 0.328 e. The van der Waals surface area contributed by atoms with E-state index in [0.717, 1.165) is 96.3 Å². The Morgan fingerprint density at radius 2 is 0.864 bits per heavy atom. The number of carboxylic acid groups (broad SMARTS) is 1. The number of unbranched alkanes of at least 4 members (excludes halogenated alkanes) is 28. The van der Waals surface area contributed by atoms with Crippen molar-refractivity contribution >= 4 is 23.8 Å². The summed E-state index contributed by atoms with van der Waals surface area (Å²) < 4.78 is 6.06. The maximum absolute atomic E-state index is 12.9. The van der Waals surface area contributed by atoms with Gasteiger partial charge in [-0.15, -0.1) is 0 Å². The van der Waals surface area contributed by atoms with E-state index in [1.807, 2.05) is 0 Å². The molecule has 4 N–H and O–H groups in total. The summed E-state index contributed by atoms with van der Waals surface area (Å²) in [4.78, 5) is 47.9. The number of aliphatic hydroxyl groups is 1. The second-order valence-electron chi connectivity index (χ2n) is 18.6. The van der Waals surface area contributed by atoms with Crippen molar-refractivity contribution in [3.05, 3.63) is 48.6 Å². The van der Waals surface area contributed by atoms with Crippen LogP contribution in [-0.2, 0) is 23.9 Å². The molecule has 0 bridgehead atoms. The summed E-state index contributed by atoms with van der Waals surface area (Å²) in [7, 11) is 0. The Morgan fingerprint density at radius 1 is 0.470 bits per heavy atom. The van der Waals surface area contributed by atoms with E-state index in [4.69, 9.17) is 14.9 Å². The highest BCUT2D eigenvalue weighted by molar-refractivity contribution is 5.87. The van der Waals surface area contributed by atoms with Crippen molar-refractivity contribution in [2.24, 2.45) is 0 Å². The van der Waals surface area contributed by atoms with E-state index in [-0.39, 0.29) is 30.9 Å². The summed E-state index contributed by atoms with van der Waals surface area (Å²) in [6.07, 6.45) is 63.1. The number of carboxylic acids is 1. The average Bonchev–Trinajstić information content (AvgIpc) is 3.30. The van der Waals surface area contributed by atoms with Crippen LogP contribution in [0.3, 0.4) is 0 Å². The highest BCUT2D eigenvalue weighted by Crippen LogP contribution is 2.19. The average molecular weight is 927 g/mol. The Kier molecular flexibility index (Phi) is 48.7. The number of esters is 1. The van der Waals surface area contributed by atoms with Crippen molar-refractivity contribution in [1.82, 2.24) is 10.6 Å². The van der Waals surface area contributed by atoms with Crippen LogP contribution in [0.1, 0.15) is 264 Å². The molecule has 0 rings (SSSR count). The lowest BCUT2D eigenvalue weighted by molar-refractivity contribution is -0.150.